The predicted octanol–water partition coefficient (Wildman–Crippen LogP) is 0.689. The van der Waals surface area contributed by atoms with Crippen molar-refractivity contribution in [3.05, 3.63) is 12.7 Å². The van der Waals surface area contributed by atoms with Gasteiger partial charge >= 0.3 is 0 Å². The van der Waals surface area contributed by atoms with Crippen molar-refractivity contribution in [3.63, 3.8) is 0 Å². The summed E-state index contributed by atoms with van der Waals surface area (Å²) in [5, 5.41) is 6.85. The van der Waals surface area contributed by atoms with E-state index in [4.69, 9.17) is 16.7 Å². The molecule has 0 radical (unpaired) electrons. The molecular formula is C5H7ClO2. The van der Waals surface area contributed by atoms with E-state index in [0.29, 0.717) is 0 Å². The quantitative estimate of drug-likeness (QED) is 0.446. The summed E-state index contributed by atoms with van der Waals surface area (Å²) in [6.07, 6.45) is 0.979. The van der Waals surface area contributed by atoms with Gasteiger partial charge in [-0.25, -0.2) is 0 Å². The standard InChI is InChI=1S/C5H7ClO2/c1-3-4(7)5(2,6)8/h3,8H,1H2,2H3. The summed E-state index contributed by atoms with van der Waals surface area (Å²) in [4.78, 5) is 10.3. The number of alkyl halides is 1. The first-order valence-corrected chi connectivity index (χ1v) is 2.44. The third kappa shape index (κ3) is 2.09. The van der Waals surface area contributed by atoms with E-state index in [2.05, 4.69) is 6.58 Å². The van der Waals surface area contributed by atoms with Crippen LogP contribution in [-0.2, 0) is 4.79 Å². The minimum absolute atomic E-state index is 0.584. The molecule has 0 saturated heterocycles. The number of carbonyl (C=O) groups is 1. The number of halogens is 1. The number of rotatable bonds is 2. The molecule has 0 aliphatic heterocycles. The van der Waals surface area contributed by atoms with Gasteiger partial charge in [0.15, 0.2) is 5.06 Å². The first kappa shape index (κ1) is 7.66. The molecule has 0 aromatic rings. The second kappa shape index (κ2) is 2.29. The molecular weight excluding hydrogens is 128 g/mol. The van der Waals surface area contributed by atoms with Gasteiger partial charge in [-0.05, 0) is 13.0 Å². The molecule has 1 N–H and O–H groups in total. The van der Waals surface area contributed by atoms with Gasteiger partial charge in [-0.3, -0.25) is 4.79 Å². The van der Waals surface area contributed by atoms with Crippen molar-refractivity contribution < 1.29 is 9.90 Å². The van der Waals surface area contributed by atoms with Crippen molar-refractivity contribution in [1.29, 1.82) is 0 Å². The molecule has 8 heavy (non-hydrogen) atoms. The lowest BCUT2D eigenvalue weighted by Crippen LogP contribution is -2.25. The average molecular weight is 135 g/mol. The number of ketones is 1. The molecule has 2 nitrogen and oxygen atoms in total. The Morgan fingerprint density at radius 1 is 2.00 bits per heavy atom. The van der Waals surface area contributed by atoms with Gasteiger partial charge in [0.2, 0.25) is 5.78 Å². The van der Waals surface area contributed by atoms with Gasteiger partial charge in [-0.1, -0.05) is 18.2 Å². The lowest BCUT2D eigenvalue weighted by Gasteiger charge is -2.07. The average Bonchev–Trinajstić information content (AvgIpc) is 1.62. The number of hydrogen-bond donors (Lipinski definition) is 1. The molecule has 0 saturated carbocycles. The molecule has 0 bridgehead atoms. The van der Waals surface area contributed by atoms with Crippen LogP contribution in [0.2, 0.25) is 0 Å². The van der Waals surface area contributed by atoms with Gasteiger partial charge in [0.1, 0.15) is 0 Å². The smallest absolute Gasteiger partial charge is 0.201 e. The third-order valence-corrected chi connectivity index (χ3v) is 0.821. The molecule has 0 spiro atoms. The van der Waals surface area contributed by atoms with Crippen molar-refractivity contribution in [1.82, 2.24) is 0 Å². The fourth-order valence-electron chi connectivity index (χ4n) is 0.186. The molecule has 0 aromatic heterocycles. The maximum Gasteiger partial charge on any atom is 0.201 e. The Bertz CT molecular complexity index is 112. The highest BCUT2D eigenvalue weighted by Gasteiger charge is 2.22. The van der Waals surface area contributed by atoms with Crippen molar-refractivity contribution in [2.75, 3.05) is 0 Å². The van der Waals surface area contributed by atoms with Gasteiger partial charge in [-0.2, -0.15) is 0 Å². The van der Waals surface area contributed by atoms with E-state index < -0.39 is 10.8 Å². The topological polar surface area (TPSA) is 37.3 Å². The fraction of sp³-hybridized carbons (Fsp3) is 0.400. The van der Waals surface area contributed by atoms with Crippen LogP contribution in [0.1, 0.15) is 6.92 Å². The van der Waals surface area contributed by atoms with E-state index in [9.17, 15) is 4.79 Å². The summed E-state index contributed by atoms with van der Waals surface area (Å²) in [5.74, 6) is -0.584. The minimum Gasteiger partial charge on any atom is -0.369 e. The van der Waals surface area contributed by atoms with E-state index in [1.54, 1.807) is 0 Å². The van der Waals surface area contributed by atoms with Gasteiger partial charge in [0.05, 0.1) is 0 Å². The number of hydrogen-bond acceptors (Lipinski definition) is 2. The Hall–Kier alpha value is -0.340. The highest BCUT2D eigenvalue weighted by atomic mass is 35.5. The van der Waals surface area contributed by atoms with Crippen LogP contribution in [-0.4, -0.2) is 16.0 Å². The largest absolute Gasteiger partial charge is 0.369 e. The summed E-state index contributed by atoms with van der Waals surface area (Å²) in [7, 11) is 0. The van der Waals surface area contributed by atoms with E-state index in [0.717, 1.165) is 6.08 Å². The molecule has 0 amide bonds. The van der Waals surface area contributed by atoms with Crippen LogP contribution in [0.3, 0.4) is 0 Å². The van der Waals surface area contributed by atoms with Crippen LogP contribution in [0.15, 0.2) is 12.7 Å². The molecule has 0 rings (SSSR count). The van der Waals surface area contributed by atoms with E-state index in [-0.39, 0.29) is 0 Å². The zero-order valence-electron chi connectivity index (χ0n) is 4.52. The van der Waals surface area contributed by atoms with E-state index in [1.165, 1.54) is 6.92 Å². The molecule has 46 valence electrons. The van der Waals surface area contributed by atoms with Gasteiger partial charge < -0.3 is 5.11 Å². The molecule has 0 aliphatic rings. The normalized spacial score (nSPS) is 16.9. The maximum atomic E-state index is 10.3. The van der Waals surface area contributed by atoms with Crippen LogP contribution in [0.5, 0.6) is 0 Å². The molecule has 1 unspecified atom stereocenters. The lowest BCUT2D eigenvalue weighted by molar-refractivity contribution is -0.124. The Kier molecular flexibility index (Phi) is 2.19. The zero-order chi connectivity index (χ0) is 6.78. The highest BCUT2D eigenvalue weighted by molar-refractivity contribution is 6.35. The van der Waals surface area contributed by atoms with Gasteiger partial charge in [0, 0.05) is 0 Å². The predicted molar refractivity (Wildman–Crippen MR) is 31.7 cm³/mol. The van der Waals surface area contributed by atoms with Crippen LogP contribution in [0.25, 0.3) is 0 Å². The van der Waals surface area contributed by atoms with Crippen LogP contribution in [0, 0.1) is 0 Å². The molecule has 0 fully saturated rings. The summed E-state index contributed by atoms with van der Waals surface area (Å²) < 4.78 is 0. The summed E-state index contributed by atoms with van der Waals surface area (Å²) in [6.45, 7) is 4.33. The third-order valence-electron chi connectivity index (χ3n) is 0.635. The summed E-state index contributed by atoms with van der Waals surface area (Å²) in [6, 6.07) is 0. The summed E-state index contributed by atoms with van der Waals surface area (Å²) in [5.41, 5.74) is 0. The van der Waals surface area contributed by atoms with Crippen LogP contribution >= 0.6 is 11.6 Å². The number of aliphatic hydroxyl groups is 1. The van der Waals surface area contributed by atoms with E-state index >= 15 is 0 Å². The van der Waals surface area contributed by atoms with Crippen LogP contribution < -0.4 is 0 Å². The Morgan fingerprint density at radius 2 is 2.38 bits per heavy atom. The zero-order valence-corrected chi connectivity index (χ0v) is 5.27. The molecule has 0 aliphatic carbocycles. The summed E-state index contributed by atoms with van der Waals surface area (Å²) >= 11 is 5.12. The van der Waals surface area contributed by atoms with Gasteiger partial charge in [-0.15, -0.1) is 0 Å². The van der Waals surface area contributed by atoms with Crippen molar-refractivity contribution in [2.45, 2.75) is 12.0 Å². The second-order valence-electron chi connectivity index (χ2n) is 1.52. The molecule has 3 heteroatoms. The number of carbonyl (C=O) groups excluding carboxylic acids is 1. The van der Waals surface area contributed by atoms with Crippen molar-refractivity contribution in [3.8, 4) is 0 Å². The molecule has 0 heterocycles. The lowest BCUT2D eigenvalue weighted by atomic mass is 10.2. The highest BCUT2D eigenvalue weighted by Crippen LogP contribution is 2.09. The first-order valence-electron chi connectivity index (χ1n) is 2.06. The SMILES string of the molecule is C=CC(=O)C(C)(O)Cl. The Morgan fingerprint density at radius 3 is 2.38 bits per heavy atom. The van der Waals surface area contributed by atoms with E-state index in [1.807, 2.05) is 0 Å². The minimum atomic E-state index is -1.78. The Labute approximate surface area is 52.8 Å². The van der Waals surface area contributed by atoms with Crippen LogP contribution in [0.4, 0.5) is 0 Å². The molecule has 1 atom stereocenters. The Balaban J connectivity index is 4.02. The maximum absolute atomic E-state index is 10.3. The second-order valence-corrected chi connectivity index (χ2v) is 2.26. The van der Waals surface area contributed by atoms with Gasteiger partial charge in [0.25, 0.3) is 0 Å². The molecule has 0 aromatic carbocycles. The first-order chi connectivity index (χ1) is 3.48. The fourth-order valence-corrected chi connectivity index (χ4v) is 0.263. The van der Waals surface area contributed by atoms with Crippen molar-refractivity contribution >= 4 is 17.4 Å². The van der Waals surface area contributed by atoms with Crippen molar-refractivity contribution in [2.24, 2.45) is 0 Å². The monoisotopic (exact) mass is 134 g/mol.